The second-order valence-electron chi connectivity index (χ2n) is 9.20. The predicted octanol–water partition coefficient (Wildman–Crippen LogP) is 5.59. The number of nitrogens with one attached hydrogen (secondary N) is 1. The van der Waals surface area contributed by atoms with Gasteiger partial charge in [-0.3, -0.25) is 4.79 Å². The van der Waals surface area contributed by atoms with Crippen molar-refractivity contribution in [2.24, 2.45) is 5.41 Å². The summed E-state index contributed by atoms with van der Waals surface area (Å²) < 4.78 is 31.9. The lowest BCUT2D eigenvalue weighted by Crippen LogP contribution is -2.58. The molecule has 2 amide bonds. The number of hydrogen-bond donors (Lipinski definition) is 2. The molecule has 1 saturated heterocycles. The molecule has 0 aliphatic carbocycles. The van der Waals surface area contributed by atoms with Crippen LogP contribution in [0.1, 0.15) is 43.1 Å². The van der Waals surface area contributed by atoms with Gasteiger partial charge in [-0.1, -0.05) is 44.5 Å². The normalized spacial score (nSPS) is 16.4. The molecule has 1 atom stereocenters. The van der Waals surface area contributed by atoms with E-state index in [1.54, 1.807) is 36.4 Å². The fourth-order valence-corrected chi connectivity index (χ4v) is 3.97. The number of likely N-dealkylation sites (tertiary alicyclic amines) is 1. The van der Waals surface area contributed by atoms with E-state index in [9.17, 15) is 23.5 Å². The zero-order valence-electron chi connectivity index (χ0n) is 18.2. The molecule has 0 spiro atoms. The van der Waals surface area contributed by atoms with Gasteiger partial charge in [-0.15, -0.1) is 0 Å². The number of hydrogen-bond acceptors (Lipinski definition) is 4. The van der Waals surface area contributed by atoms with E-state index in [1.807, 2.05) is 20.8 Å². The van der Waals surface area contributed by atoms with Gasteiger partial charge < -0.3 is 19.7 Å². The Hall–Kier alpha value is -3.20. The Morgan fingerprint density at radius 2 is 1.82 bits per heavy atom. The second kappa shape index (κ2) is 7.98. The Morgan fingerprint density at radius 3 is 2.36 bits per heavy atom. The first-order chi connectivity index (χ1) is 15.3. The van der Waals surface area contributed by atoms with Crippen molar-refractivity contribution in [3.8, 4) is 11.1 Å². The van der Waals surface area contributed by atoms with E-state index in [1.165, 1.54) is 0 Å². The summed E-state index contributed by atoms with van der Waals surface area (Å²) in [5, 5.41) is 11.9. The van der Waals surface area contributed by atoms with E-state index in [2.05, 4.69) is 10.3 Å². The number of nitrogens with zero attached hydrogens (tertiary/aromatic N) is 2. The van der Waals surface area contributed by atoms with Crippen LogP contribution >= 0.6 is 11.6 Å². The fraction of sp³-hybridized carbons (Fsp3) is 0.348. The van der Waals surface area contributed by atoms with Gasteiger partial charge in [0.2, 0.25) is 5.89 Å². The average molecular weight is 478 g/mol. The summed E-state index contributed by atoms with van der Waals surface area (Å²) in [6.45, 7) is 4.44. The first-order valence-electron chi connectivity index (χ1n) is 10.2. The zero-order valence-corrected chi connectivity index (χ0v) is 18.9. The summed E-state index contributed by atoms with van der Waals surface area (Å²) in [5.41, 5.74) is 2.06. The quantitative estimate of drug-likeness (QED) is 0.510. The molecule has 0 radical (unpaired) electrons. The van der Waals surface area contributed by atoms with Crippen molar-refractivity contribution in [3.05, 3.63) is 52.9 Å². The van der Waals surface area contributed by atoms with Crippen LogP contribution < -0.4 is 5.32 Å². The van der Waals surface area contributed by atoms with Gasteiger partial charge in [0.05, 0.1) is 18.1 Å². The van der Waals surface area contributed by atoms with Crippen molar-refractivity contribution >= 4 is 34.7 Å². The third kappa shape index (κ3) is 4.64. The number of amides is 2. The minimum Gasteiger partial charge on any atom is -0.465 e. The maximum atomic E-state index is 13.0. The smallest absolute Gasteiger partial charge is 0.405 e. The molecule has 1 aromatic heterocycles. The van der Waals surface area contributed by atoms with Crippen LogP contribution in [0.3, 0.4) is 0 Å². The second-order valence-corrected chi connectivity index (χ2v) is 9.61. The summed E-state index contributed by atoms with van der Waals surface area (Å²) in [7, 11) is 0. The van der Waals surface area contributed by atoms with Crippen LogP contribution in [-0.2, 0) is 0 Å². The van der Waals surface area contributed by atoms with E-state index < -0.39 is 42.5 Å². The van der Waals surface area contributed by atoms with Crippen molar-refractivity contribution < 1.29 is 27.9 Å². The zero-order chi connectivity index (χ0) is 24.1. The van der Waals surface area contributed by atoms with Crippen LogP contribution in [-0.4, -0.2) is 46.0 Å². The van der Waals surface area contributed by atoms with E-state index in [0.29, 0.717) is 27.2 Å². The number of aromatic nitrogens is 1. The summed E-state index contributed by atoms with van der Waals surface area (Å²) in [5.74, 6) is -3.06. The highest BCUT2D eigenvalue weighted by atomic mass is 35.5. The maximum Gasteiger partial charge on any atom is 0.405 e. The molecule has 0 saturated carbocycles. The SMILES string of the molecule is CC(C)(C)C(NC(=O)O)c1nc2cc(-c3ccc(C(=O)N4CC(F)(F)C4)cc3)cc(Cl)c2o1. The number of rotatable bonds is 4. The summed E-state index contributed by atoms with van der Waals surface area (Å²) >= 11 is 6.42. The van der Waals surface area contributed by atoms with E-state index in [-0.39, 0.29) is 5.89 Å². The Labute approximate surface area is 193 Å². The highest BCUT2D eigenvalue weighted by Gasteiger charge is 2.46. The van der Waals surface area contributed by atoms with Crippen LogP contribution in [0.5, 0.6) is 0 Å². The van der Waals surface area contributed by atoms with Crippen molar-refractivity contribution in [2.75, 3.05) is 13.1 Å². The number of oxazole rings is 1. The van der Waals surface area contributed by atoms with E-state index >= 15 is 0 Å². The summed E-state index contributed by atoms with van der Waals surface area (Å²) in [6.07, 6.45) is -1.19. The van der Waals surface area contributed by atoms with Crippen LogP contribution in [0, 0.1) is 5.41 Å². The number of benzene rings is 2. The van der Waals surface area contributed by atoms with Crippen molar-refractivity contribution in [1.29, 1.82) is 0 Å². The van der Waals surface area contributed by atoms with Crippen molar-refractivity contribution in [3.63, 3.8) is 0 Å². The molecule has 1 fully saturated rings. The minimum absolute atomic E-state index is 0.200. The Bertz CT molecular complexity index is 1230. The van der Waals surface area contributed by atoms with Gasteiger partial charge in [-0.05, 0) is 40.8 Å². The number of carboxylic acid groups (broad SMARTS) is 1. The maximum absolute atomic E-state index is 13.0. The van der Waals surface area contributed by atoms with E-state index in [0.717, 1.165) is 10.5 Å². The van der Waals surface area contributed by atoms with Gasteiger partial charge in [-0.2, -0.15) is 0 Å². The number of carbonyl (C=O) groups is 2. The van der Waals surface area contributed by atoms with Crippen LogP contribution in [0.25, 0.3) is 22.2 Å². The topological polar surface area (TPSA) is 95.7 Å². The molecule has 1 aliphatic rings. The molecule has 1 unspecified atom stereocenters. The lowest BCUT2D eigenvalue weighted by molar-refractivity contribution is -0.113. The molecule has 0 bridgehead atoms. The lowest BCUT2D eigenvalue weighted by atomic mass is 9.87. The Kier molecular flexibility index (Phi) is 5.56. The molecule has 174 valence electrons. The Morgan fingerprint density at radius 1 is 1.18 bits per heavy atom. The van der Waals surface area contributed by atoms with Gasteiger partial charge in [0.25, 0.3) is 11.8 Å². The van der Waals surface area contributed by atoms with Gasteiger partial charge in [-0.25, -0.2) is 18.6 Å². The van der Waals surface area contributed by atoms with Crippen molar-refractivity contribution in [2.45, 2.75) is 32.7 Å². The molecular weight excluding hydrogens is 456 g/mol. The summed E-state index contributed by atoms with van der Waals surface area (Å²) in [4.78, 5) is 29.1. The molecule has 1 aliphatic heterocycles. The highest BCUT2D eigenvalue weighted by molar-refractivity contribution is 6.35. The number of alkyl halides is 2. The van der Waals surface area contributed by atoms with Crippen molar-refractivity contribution in [1.82, 2.24) is 15.2 Å². The first-order valence-corrected chi connectivity index (χ1v) is 10.6. The first kappa shape index (κ1) is 23.0. The average Bonchev–Trinajstić information content (AvgIpc) is 3.13. The minimum atomic E-state index is -2.82. The third-order valence-electron chi connectivity index (χ3n) is 5.44. The van der Waals surface area contributed by atoms with Gasteiger partial charge >= 0.3 is 6.09 Å². The summed E-state index contributed by atoms with van der Waals surface area (Å²) in [6, 6.07) is 9.30. The van der Waals surface area contributed by atoms with Gasteiger partial charge in [0.15, 0.2) is 5.58 Å². The van der Waals surface area contributed by atoms with Crippen LogP contribution in [0.2, 0.25) is 5.02 Å². The van der Waals surface area contributed by atoms with Gasteiger partial charge in [0.1, 0.15) is 11.6 Å². The molecule has 7 nitrogen and oxygen atoms in total. The fourth-order valence-electron chi connectivity index (χ4n) is 3.72. The molecule has 10 heteroatoms. The van der Waals surface area contributed by atoms with Crippen LogP contribution in [0.4, 0.5) is 13.6 Å². The Balaban J connectivity index is 1.62. The predicted molar refractivity (Wildman–Crippen MR) is 119 cm³/mol. The molecule has 2 heterocycles. The molecule has 2 aromatic carbocycles. The lowest BCUT2D eigenvalue weighted by Gasteiger charge is -2.38. The van der Waals surface area contributed by atoms with E-state index in [4.69, 9.17) is 16.0 Å². The molecule has 33 heavy (non-hydrogen) atoms. The third-order valence-corrected chi connectivity index (χ3v) is 5.72. The van der Waals surface area contributed by atoms with Crippen LogP contribution in [0.15, 0.2) is 40.8 Å². The van der Waals surface area contributed by atoms with Gasteiger partial charge in [0, 0.05) is 5.56 Å². The highest BCUT2D eigenvalue weighted by Crippen LogP contribution is 2.37. The number of fused-ring (bicyclic) bond motifs is 1. The molecule has 4 rings (SSSR count). The molecule has 3 aromatic rings. The largest absolute Gasteiger partial charge is 0.465 e. The monoisotopic (exact) mass is 477 g/mol. The number of carbonyl (C=O) groups excluding carboxylic acids is 1. The molecular formula is C23H22ClF2N3O4. The molecule has 2 N–H and O–H groups in total. The number of halogens is 3. The standard InChI is InChI=1S/C23H22ClF2N3O4/c1-22(2,3)18(28-21(31)32)19-27-16-9-14(8-15(24)17(16)33-19)12-4-6-13(7-5-12)20(30)29-10-23(25,26)11-29/h4-9,18,28H,10-11H2,1-3H3,(H,31,32).